The van der Waals surface area contributed by atoms with Crippen LogP contribution in [-0.2, 0) is 18.3 Å². The molecule has 0 spiro atoms. The molecule has 0 radical (unpaired) electrons. The lowest BCUT2D eigenvalue weighted by molar-refractivity contribution is -0.134. The molecule has 0 unspecified atom stereocenters. The fourth-order valence-electron chi connectivity index (χ4n) is 4.37. The molecule has 1 aliphatic heterocycles. The van der Waals surface area contributed by atoms with Gasteiger partial charge in [0, 0.05) is 39.4 Å². The lowest BCUT2D eigenvalue weighted by Crippen LogP contribution is -2.38. The van der Waals surface area contributed by atoms with Gasteiger partial charge in [-0.2, -0.15) is 5.10 Å². The van der Waals surface area contributed by atoms with Gasteiger partial charge < -0.3 is 9.80 Å². The number of hydrogen-bond donors (Lipinski definition) is 0. The number of rotatable bonds is 5. The average Bonchev–Trinajstić information content (AvgIpc) is 3.17. The summed E-state index contributed by atoms with van der Waals surface area (Å²) in [6.45, 7) is 6.17. The number of amides is 2. The molecule has 166 valence electrons. The SMILES string of the molecule is CCN1CCN(C(=O)c2ccn(C)n2)C[C@H](Cc2ccccc2-c2ccc(C)cc2)C1=O. The molecule has 6 nitrogen and oxygen atoms in total. The first-order valence-electron chi connectivity index (χ1n) is 11.2. The topological polar surface area (TPSA) is 58.4 Å². The highest BCUT2D eigenvalue weighted by Gasteiger charge is 2.33. The van der Waals surface area contributed by atoms with E-state index < -0.39 is 0 Å². The van der Waals surface area contributed by atoms with E-state index >= 15 is 0 Å². The second-order valence-electron chi connectivity index (χ2n) is 8.47. The van der Waals surface area contributed by atoms with Crippen molar-refractivity contribution in [2.45, 2.75) is 20.3 Å². The van der Waals surface area contributed by atoms with Crippen molar-refractivity contribution >= 4 is 11.8 Å². The van der Waals surface area contributed by atoms with Crippen molar-refractivity contribution in [1.82, 2.24) is 19.6 Å². The first kappa shape index (κ1) is 21.8. The molecule has 0 saturated carbocycles. The Balaban J connectivity index is 1.63. The van der Waals surface area contributed by atoms with Gasteiger partial charge in [0.1, 0.15) is 5.69 Å². The fourth-order valence-corrected chi connectivity index (χ4v) is 4.37. The summed E-state index contributed by atoms with van der Waals surface area (Å²) < 4.78 is 1.63. The van der Waals surface area contributed by atoms with Crippen LogP contribution >= 0.6 is 0 Å². The summed E-state index contributed by atoms with van der Waals surface area (Å²) in [5.41, 5.74) is 5.03. The number of hydrogen-bond acceptors (Lipinski definition) is 3. The molecule has 0 aliphatic carbocycles. The summed E-state index contributed by atoms with van der Waals surface area (Å²) in [4.78, 5) is 30.1. The van der Waals surface area contributed by atoms with Gasteiger partial charge in [-0.1, -0.05) is 54.1 Å². The van der Waals surface area contributed by atoms with Crippen LogP contribution in [0.5, 0.6) is 0 Å². The maximum atomic E-state index is 13.4. The summed E-state index contributed by atoms with van der Waals surface area (Å²) in [5.74, 6) is -0.299. The molecule has 0 N–H and O–H groups in total. The molecule has 6 heteroatoms. The van der Waals surface area contributed by atoms with Gasteiger partial charge in [0.15, 0.2) is 0 Å². The van der Waals surface area contributed by atoms with E-state index in [1.54, 1.807) is 28.9 Å². The van der Waals surface area contributed by atoms with Gasteiger partial charge in [-0.15, -0.1) is 0 Å². The van der Waals surface area contributed by atoms with E-state index in [2.05, 4.69) is 48.4 Å². The number of benzene rings is 2. The molecule has 2 heterocycles. The van der Waals surface area contributed by atoms with Gasteiger partial charge >= 0.3 is 0 Å². The molecule has 0 bridgehead atoms. The lowest BCUT2D eigenvalue weighted by atomic mass is 9.91. The largest absolute Gasteiger partial charge is 0.341 e. The van der Waals surface area contributed by atoms with E-state index in [9.17, 15) is 9.59 Å². The van der Waals surface area contributed by atoms with Crippen LogP contribution < -0.4 is 0 Å². The maximum absolute atomic E-state index is 13.4. The smallest absolute Gasteiger partial charge is 0.274 e. The number of carbonyl (C=O) groups is 2. The Morgan fingerprint density at radius 1 is 1.06 bits per heavy atom. The molecule has 4 rings (SSSR count). The van der Waals surface area contributed by atoms with Crippen molar-refractivity contribution in [2.75, 3.05) is 26.2 Å². The quantitative estimate of drug-likeness (QED) is 0.622. The summed E-state index contributed by atoms with van der Waals surface area (Å²) in [7, 11) is 1.80. The second kappa shape index (κ2) is 9.39. The Hall–Kier alpha value is -3.41. The first-order chi connectivity index (χ1) is 15.5. The van der Waals surface area contributed by atoms with Gasteiger partial charge in [-0.3, -0.25) is 14.3 Å². The highest BCUT2D eigenvalue weighted by molar-refractivity contribution is 5.93. The molecule has 2 aromatic carbocycles. The molecular formula is C26H30N4O2. The summed E-state index contributed by atoms with van der Waals surface area (Å²) in [5, 5.41) is 4.27. The van der Waals surface area contributed by atoms with E-state index in [-0.39, 0.29) is 17.7 Å². The molecular weight excluding hydrogens is 400 g/mol. The fraction of sp³-hybridized carbons (Fsp3) is 0.346. The number of carbonyl (C=O) groups excluding carboxylic acids is 2. The molecule has 1 saturated heterocycles. The van der Waals surface area contributed by atoms with Crippen LogP contribution in [0.15, 0.2) is 60.8 Å². The van der Waals surface area contributed by atoms with E-state index in [1.807, 2.05) is 24.0 Å². The standard InChI is InChI=1S/C26H30N4O2/c1-4-29-15-16-30(26(32)24-13-14-28(3)27-24)18-22(25(29)31)17-21-7-5-6-8-23(21)20-11-9-19(2)10-12-20/h5-14,22H,4,15-18H2,1-3H3/t22-/m0/s1. The van der Waals surface area contributed by atoms with Crippen molar-refractivity contribution in [2.24, 2.45) is 13.0 Å². The second-order valence-corrected chi connectivity index (χ2v) is 8.47. The minimum Gasteiger partial charge on any atom is -0.341 e. The van der Waals surface area contributed by atoms with E-state index in [0.29, 0.717) is 38.3 Å². The number of aryl methyl sites for hydroxylation is 2. The van der Waals surface area contributed by atoms with Gasteiger partial charge in [0.2, 0.25) is 5.91 Å². The van der Waals surface area contributed by atoms with Crippen LogP contribution in [0.4, 0.5) is 0 Å². The van der Waals surface area contributed by atoms with Crippen molar-refractivity contribution in [3.8, 4) is 11.1 Å². The van der Waals surface area contributed by atoms with Crippen molar-refractivity contribution in [3.05, 3.63) is 77.6 Å². The van der Waals surface area contributed by atoms with E-state index in [4.69, 9.17) is 0 Å². The van der Waals surface area contributed by atoms with Crippen LogP contribution in [0.3, 0.4) is 0 Å². The Morgan fingerprint density at radius 3 is 2.50 bits per heavy atom. The molecule has 1 aromatic heterocycles. The van der Waals surface area contributed by atoms with Crippen molar-refractivity contribution in [1.29, 1.82) is 0 Å². The highest BCUT2D eigenvalue weighted by Crippen LogP contribution is 2.28. The Bertz CT molecular complexity index is 1100. The van der Waals surface area contributed by atoms with Crippen molar-refractivity contribution < 1.29 is 9.59 Å². The lowest BCUT2D eigenvalue weighted by Gasteiger charge is -2.24. The third kappa shape index (κ3) is 4.59. The molecule has 1 aliphatic rings. The van der Waals surface area contributed by atoms with Gasteiger partial charge in [0.05, 0.1) is 5.92 Å². The van der Waals surface area contributed by atoms with E-state index in [0.717, 1.165) is 16.7 Å². The summed E-state index contributed by atoms with van der Waals surface area (Å²) >= 11 is 0. The zero-order chi connectivity index (χ0) is 22.7. The summed E-state index contributed by atoms with van der Waals surface area (Å²) in [6, 6.07) is 18.4. The maximum Gasteiger partial charge on any atom is 0.274 e. The zero-order valence-corrected chi connectivity index (χ0v) is 19.0. The molecule has 1 atom stereocenters. The normalized spacial score (nSPS) is 16.8. The predicted octanol–water partition coefficient (Wildman–Crippen LogP) is 3.56. The van der Waals surface area contributed by atoms with Crippen LogP contribution in [0.1, 0.15) is 28.5 Å². The number of nitrogens with zero attached hydrogens (tertiary/aromatic N) is 4. The first-order valence-corrected chi connectivity index (χ1v) is 11.2. The van der Waals surface area contributed by atoms with Gasteiger partial charge in [-0.25, -0.2) is 0 Å². The zero-order valence-electron chi connectivity index (χ0n) is 19.0. The van der Waals surface area contributed by atoms with Crippen molar-refractivity contribution in [3.63, 3.8) is 0 Å². The predicted molar refractivity (Wildman–Crippen MR) is 125 cm³/mol. The Labute approximate surface area is 189 Å². The highest BCUT2D eigenvalue weighted by atomic mass is 16.2. The molecule has 3 aromatic rings. The number of likely N-dealkylation sites (N-methyl/N-ethyl adjacent to an activating group) is 1. The van der Waals surface area contributed by atoms with Crippen LogP contribution in [0, 0.1) is 12.8 Å². The van der Waals surface area contributed by atoms with Crippen LogP contribution in [-0.4, -0.2) is 57.6 Å². The summed E-state index contributed by atoms with van der Waals surface area (Å²) in [6.07, 6.45) is 2.36. The molecule has 2 amide bonds. The monoisotopic (exact) mass is 430 g/mol. The Kier molecular flexibility index (Phi) is 6.40. The minimum atomic E-state index is -0.295. The van der Waals surface area contributed by atoms with Crippen LogP contribution in [0.2, 0.25) is 0 Å². The third-order valence-corrected chi connectivity index (χ3v) is 6.19. The molecule has 32 heavy (non-hydrogen) atoms. The van der Waals surface area contributed by atoms with E-state index in [1.165, 1.54) is 5.56 Å². The van der Waals surface area contributed by atoms with Gasteiger partial charge in [0.25, 0.3) is 5.91 Å². The molecule has 1 fully saturated rings. The van der Waals surface area contributed by atoms with Crippen LogP contribution in [0.25, 0.3) is 11.1 Å². The Morgan fingerprint density at radius 2 is 1.81 bits per heavy atom. The number of aromatic nitrogens is 2. The minimum absolute atomic E-state index is 0.113. The average molecular weight is 431 g/mol. The third-order valence-electron chi connectivity index (χ3n) is 6.19. The van der Waals surface area contributed by atoms with Gasteiger partial charge in [-0.05, 0) is 43.0 Å².